The molecule has 18 heavy (non-hydrogen) atoms. The number of hydrogen-bond acceptors (Lipinski definition) is 3. The molecule has 1 aromatic heterocycles. The molecule has 0 saturated carbocycles. The topological polar surface area (TPSA) is 56.0 Å². The number of pyridine rings is 1. The van der Waals surface area contributed by atoms with E-state index in [0.717, 1.165) is 11.3 Å². The van der Waals surface area contributed by atoms with Crippen molar-refractivity contribution in [2.24, 2.45) is 0 Å². The highest BCUT2D eigenvalue weighted by molar-refractivity contribution is 7.84. The van der Waals surface area contributed by atoms with Gasteiger partial charge in [-0.25, -0.2) is 4.39 Å². The molecule has 0 saturated heterocycles. The predicted octanol–water partition coefficient (Wildman–Crippen LogP) is 2.42. The quantitative estimate of drug-likeness (QED) is 0.866. The fourth-order valence-corrected chi connectivity index (χ4v) is 2.85. The highest BCUT2D eigenvalue weighted by Crippen LogP contribution is 2.20. The minimum atomic E-state index is -1.32. The Morgan fingerprint density at radius 2 is 2.17 bits per heavy atom. The summed E-state index contributed by atoms with van der Waals surface area (Å²) in [7, 11) is -1.32. The van der Waals surface area contributed by atoms with E-state index in [1.54, 1.807) is 6.20 Å². The Hall–Kier alpha value is -1.75. The van der Waals surface area contributed by atoms with Gasteiger partial charge in [0.2, 0.25) is 0 Å². The molecule has 94 valence electrons. The lowest BCUT2D eigenvalue weighted by Crippen LogP contribution is -2.04. The van der Waals surface area contributed by atoms with Crippen molar-refractivity contribution in [3.05, 3.63) is 53.6 Å². The second-order valence-corrected chi connectivity index (χ2v) is 5.36. The molecule has 0 bridgehead atoms. The third kappa shape index (κ3) is 2.73. The molecule has 1 unspecified atom stereocenters. The molecule has 5 heteroatoms. The fraction of sp³-hybridized carbons (Fsp3) is 0.154. The van der Waals surface area contributed by atoms with E-state index in [-0.39, 0.29) is 11.4 Å². The van der Waals surface area contributed by atoms with E-state index < -0.39 is 16.6 Å². The van der Waals surface area contributed by atoms with Crippen LogP contribution in [0.4, 0.5) is 10.1 Å². The molecular formula is C13H13FN2OS. The Morgan fingerprint density at radius 3 is 2.83 bits per heavy atom. The van der Waals surface area contributed by atoms with E-state index in [2.05, 4.69) is 4.98 Å². The summed E-state index contributed by atoms with van der Waals surface area (Å²) in [6.07, 6.45) is 1.66. The summed E-state index contributed by atoms with van der Waals surface area (Å²) in [6.45, 7) is 1.91. The van der Waals surface area contributed by atoms with Gasteiger partial charge in [0, 0.05) is 6.20 Å². The zero-order valence-corrected chi connectivity index (χ0v) is 10.7. The fourth-order valence-electron chi connectivity index (χ4n) is 1.60. The molecule has 2 rings (SSSR count). The van der Waals surface area contributed by atoms with Crippen molar-refractivity contribution >= 4 is 16.5 Å². The van der Waals surface area contributed by atoms with Gasteiger partial charge in [0.25, 0.3) is 0 Å². The van der Waals surface area contributed by atoms with Crippen molar-refractivity contribution in [2.45, 2.75) is 17.6 Å². The van der Waals surface area contributed by atoms with Gasteiger partial charge in [-0.1, -0.05) is 6.07 Å². The van der Waals surface area contributed by atoms with Crippen molar-refractivity contribution in [2.75, 3.05) is 5.73 Å². The standard InChI is InChI=1S/C13H13FN2OS/c1-9-3-2-6-16-12(9)8-18(17)13-5-4-10(14)7-11(13)15/h2-7H,8,15H2,1H3. The molecule has 1 atom stereocenters. The van der Waals surface area contributed by atoms with Crippen molar-refractivity contribution in [3.63, 3.8) is 0 Å². The molecule has 0 radical (unpaired) electrons. The van der Waals surface area contributed by atoms with Gasteiger partial charge >= 0.3 is 0 Å². The molecule has 1 aromatic carbocycles. The van der Waals surface area contributed by atoms with Crippen LogP contribution in [-0.4, -0.2) is 9.19 Å². The molecule has 2 aromatic rings. The molecule has 3 nitrogen and oxygen atoms in total. The minimum Gasteiger partial charge on any atom is -0.398 e. The molecule has 0 aliphatic carbocycles. The SMILES string of the molecule is Cc1cccnc1CS(=O)c1ccc(F)cc1N. The number of rotatable bonds is 3. The number of aromatic nitrogens is 1. The first-order chi connectivity index (χ1) is 8.58. The van der Waals surface area contributed by atoms with E-state index in [1.165, 1.54) is 18.2 Å². The van der Waals surface area contributed by atoms with Gasteiger partial charge in [-0.3, -0.25) is 9.19 Å². The summed E-state index contributed by atoms with van der Waals surface area (Å²) in [4.78, 5) is 4.63. The summed E-state index contributed by atoms with van der Waals surface area (Å²) in [5.74, 6) is -0.148. The highest BCUT2D eigenvalue weighted by Gasteiger charge is 2.11. The van der Waals surface area contributed by atoms with Gasteiger partial charge in [-0.15, -0.1) is 0 Å². The normalized spacial score (nSPS) is 12.3. The van der Waals surface area contributed by atoms with Gasteiger partial charge in [0.15, 0.2) is 0 Å². The van der Waals surface area contributed by atoms with Crippen LogP contribution < -0.4 is 5.73 Å². The molecule has 0 fully saturated rings. The summed E-state index contributed by atoms with van der Waals surface area (Å²) in [5.41, 5.74) is 7.61. The number of aryl methyl sites for hydroxylation is 1. The van der Waals surface area contributed by atoms with E-state index >= 15 is 0 Å². The molecule has 0 aliphatic rings. The average Bonchev–Trinajstić information content (AvgIpc) is 2.32. The lowest BCUT2D eigenvalue weighted by atomic mass is 10.2. The third-order valence-corrected chi connectivity index (χ3v) is 4.00. The van der Waals surface area contributed by atoms with Crippen molar-refractivity contribution in [3.8, 4) is 0 Å². The predicted molar refractivity (Wildman–Crippen MR) is 69.9 cm³/mol. The van der Waals surface area contributed by atoms with Gasteiger partial charge in [0.05, 0.1) is 32.8 Å². The molecule has 0 aliphatic heterocycles. The monoisotopic (exact) mass is 264 g/mol. The second-order valence-electron chi connectivity index (χ2n) is 3.94. The number of anilines is 1. The van der Waals surface area contributed by atoms with Crippen LogP contribution in [0.3, 0.4) is 0 Å². The molecule has 2 N–H and O–H groups in total. The van der Waals surface area contributed by atoms with Crippen LogP contribution in [0, 0.1) is 12.7 Å². The zero-order chi connectivity index (χ0) is 13.1. The summed E-state index contributed by atoms with van der Waals surface area (Å²) in [5, 5.41) is 0. The van der Waals surface area contributed by atoms with Crippen LogP contribution in [0.1, 0.15) is 11.3 Å². The van der Waals surface area contributed by atoms with Crippen molar-refractivity contribution in [1.29, 1.82) is 0 Å². The molecule has 0 spiro atoms. The van der Waals surface area contributed by atoms with Crippen LogP contribution >= 0.6 is 0 Å². The second kappa shape index (κ2) is 5.27. The maximum Gasteiger partial charge on any atom is 0.125 e. The first-order valence-corrected chi connectivity index (χ1v) is 6.73. The van der Waals surface area contributed by atoms with Crippen LogP contribution in [0.5, 0.6) is 0 Å². The Morgan fingerprint density at radius 1 is 1.39 bits per heavy atom. The van der Waals surface area contributed by atoms with Crippen molar-refractivity contribution < 1.29 is 8.60 Å². The minimum absolute atomic E-state index is 0.210. The maximum atomic E-state index is 12.9. The van der Waals surface area contributed by atoms with E-state index in [0.29, 0.717) is 4.90 Å². The van der Waals surface area contributed by atoms with Crippen LogP contribution in [-0.2, 0) is 16.6 Å². The third-order valence-electron chi connectivity index (χ3n) is 2.60. The lowest BCUT2D eigenvalue weighted by Gasteiger charge is -2.07. The van der Waals surface area contributed by atoms with Crippen LogP contribution in [0.25, 0.3) is 0 Å². The highest BCUT2D eigenvalue weighted by atomic mass is 32.2. The van der Waals surface area contributed by atoms with Gasteiger partial charge in [0.1, 0.15) is 5.82 Å². The Bertz CT molecular complexity index is 601. The van der Waals surface area contributed by atoms with E-state index in [1.807, 2.05) is 19.1 Å². The number of nitrogens with zero attached hydrogens (tertiary/aromatic N) is 1. The first kappa shape index (κ1) is 12.7. The molecule has 1 heterocycles. The van der Waals surface area contributed by atoms with Crippen LogP contribution in [0.2, 0.25) is 0 Å². The average molecular weight is 264 g/mol. The number of benzene rings is 1. The maximum absolute atomic E-state index is 12.9. The number of hydrogen-bond donors (Lipinski definition) is 1. The van der Waals surface area contributed by atoms with Gasteiger partial charge in [-0.05, 0) is 36.8 Å². The Kier molecular flexibility index (Phi) is 3.72. The van der Waals surface area contributed by atoms with E-state index in [4.69, 9.17) is 5.73 Å². The number of halogens is 1. The summed E-state index contributed by atoms with van der Waals surface area (Å²) in [6, 6.07) is 7.63. The Labute approximate surface area is 107 Å². The summed E-state index contributed by atoms with van der Waals surface area (Å²) >= 11 is 0. The first-order valence-electron chi connectivity index (χ1n) is 5.42. The largest absolute Gasteiger partial charge is 0.398 e. The zero-order valence-electron chi connectivity index (χ0n) is 9.89. The summed E-state index contributed by atoms with van der Waals surface area (Å²) < 4.78 is 25.1. The van der Waals surface area contributed by atoms with Gasteiger partial charge in [-0.2, -0.15) is 0 Å². The molecule has 0 amide bonds. The number of nitrogen functional groups attached to an aromatic ring is 1. The Balaban J connectivity index is 2.25. The van der Waals surface area contributed by atoms with E-state index in [9.17, 15) is 8.60 Å². The van der Waals surface area contributed by atoms with Crippen molar-refractivity contribution in [1.82, 2.24) is 4.98 Å². The number of nitrogens with two attached hydrogens (primary N) is 1. The lowest BCUT2D eigenvalue weighted by molar-refractivity contribution is 0.627. The van der Waals surface area contributed by atoms with Crippen LogP contribution in [0.15, 0.2) is 41.4 Å². The smallest absolute Gasteiger partial charge is 0.125 e. The van der Waals surface area contributed by atoms with Gasteiger partial charge < -0.3 is 5.73 Å². The molecular weight excluding hydrogens is 251 g/mol.